The van der Waals surface area contributed by atoms with Gasteiger partial charge in [-0.15, -0.1) is 0 Å². The van der Waals surface area contributed by atoms with Crippen LogP contribution in [0.5, 0.6) is 5.75 Å². The van der Waals surface area contributed by atoms with Gasteiger partial charge in [-0.3, -0.25) is 0 Å². The van der Waals surface area contributed by atoms with Gasteiger partial charge in [0.1, 0.15) is 12.4 Å². The molecule has 0 unspecified atom stereocenters. The van der Waals surface area contributed by atoms with Crippen molar-refractivity contribution in [3.63, 3.8) is 0 Å². The first-order valence-corrected chi connectivity index (χ1v) is 10.7. The first-order valence-electron chi connectivity index (χ1n) is 10.7. The quantitative estimate of drug-likeness (QED) is 0.374. The number of benzene rings is 1. The molecular formula is C23H40O5. The molecule has 1 rings (SSSR count). The summed E-state index contributed by atoms with van der Waals surface area (Å²) in [6.45, 7) is 10.4. The Balaban J connectivity index is 2.11. The summed E-state index contributed by atoms with van der Waals surface area (Å²) in [5.74, 6) is 0.881. The molecule has 0 heterocycles. The van der Waals surface area contributed by atoms with Gasteiger partial charge < -0.3 is 24.1 Å². The molecule has 0 aliphatic heterocycles. The highest BCUT2D eigenvalue weighted by molar-refractivity contribution is 5.31. The Morgan fingerprint density at radius 3 is 1.89 bits per heavy atom. The van der Waals surface area contributed by atoms with Gasteiger partial charge in [-0.2, -0.15) is 0 Å². The van der Waals surface area contributed by atoms with E-state index in [9.17, 15) is 0 Å². The number of ether oxygens (including phenoxy) is 4. The molecule has 0 aromatic heterocycles. The normalized spacial score (nSPS) is 11.7. The molecule has 1 aromatic rings. The van der Waals surface area contributed by atoms with Gasteiger partial charge in [-0.25, -0.2) is 0 Å². The SMILES string of the molecule is CCCCCCC(C)(C)c1ccc(OCCOCCOCCOCCO)cc1. The minimum atomic E-state index is 0.0443. The third kappa shape index (κ3) is 11.6. The summed E-state index contributed by atoms with van der Waals surface area (Å²) in [6, 6.07) is 8.47. The smallest absolute Gasteiger partial charge is 0.119 e. The van der Waals surface area contributed by atoms with Crippen LogP contribution < -0.4 is 4.74 Å². The summed E-state index contributed by atoms with van der Waals surface area (Å²) in [4.78, 5) is 0. The zero-order valence-electron chi connectivity index (χ0n) is 18.1. The first-order chi connectivity index (χ1) is 13.6. The minimum Gasteiger partial charge on any atom is -0.491 e. The first kappa shape index (κ1) is 24.9. The second-order valence-electron chi connectivity index (χ2n) is 7.63. The van der Waals surface area contributed by atoms with Gasteiger partial charge in [0, 0.05) is 0 Å². The number of rotatable bonds is 18. The molecule has 1 N–H and O–H groups in total. The third-order valence-corrected chi connectivity index (χ3v) is 4.77. The molecule has 28 heavy (non-hydrogen) atoms. The Morgan fingerprint density at radius 1 is 0.750 bits per heavy atom. The molecule has 5 heteroatoms. The number of aliphatic hydroxyl groups excluding tert-OH is 1. The van der Waals surface area contributed by atoms with E-state index in [1.165, 1.54) is 37.7 Å². The van der Waals surface area contributed by atoms with Crippen LogP contribution in [0.15, 0.2) is 24.3 Å². The van der Waals surface area contributed by atoms with Crippen molar-refractivity contribution >= 4 is 0 Å². The van der Waals surface area contributed by atoms with E-state index in [4.69, 9.17) is 24.1 Å². The second-order valence-corrected chi connectivity index (χ2v) is 7.63. The van der Waals surface area contributed by atoms with Crippen LogP contribution >= 0.6 is 0 Å². The van der Waals surface area contributed by atoms with E-state index in [1.54, 1.807) is 0 Å². The number of hydrogen-bond acceptors (Lipinski definition) is 5. The molecule has 0 bridgehead atoms. The highest BCUT2D eigenvalue weighted by atomic mass is 16.6. The van der Waals surface area contributed by atoms with E-state index >= 15 is 0 Å². The summed E-state index contributed by atoms with van der Waals surface area (Å²) < 4.78 is 21.7. The number of hydrogen-bond donors (Lipinski definition) is 1. The molecule has 0 aliphatic carbocycles. The summed E-state index contributed by atoms with van der Waals surface area (Å²) >= 11 is 0. The Hall–Kier alpha value is -1.14. The van der Waals surface area contributed by atoms with Gasteiger partial charge >= 0.3 is 0 Å². The fourth-order valence-electron chi connectivity index (χ4n) is 2.97. The van der Waals surface area contributed by atoms with E-state index in [0.29, 0.717) is 46.2 Å². The highest BCUT2D eigenvalue weighted by Gasteiger charge is 2.19. The maximum Gasteiger partial charge on any atom is 0.119 e. The van der Waals surface area contributed by atoms with Gasteiger partial charge in [0.05, 0.1) is 46.2 Å². The molecule has 0 atom stereocenters. The van der Waals surface area contributed by atoms with E-state index in [2.05, 4.69) is 45.0 Å². The van der Waals surface area contributed by atoms with E-state index in [-0.39, 0.29) is 12.0 Å². The molecule has 0 aliphatic rings. The Kier molecular flexibility index (Phi) is 14.0. The Morgan fingerprint density at radius 2 is 1.32 bits per heavy atom. The molecule has 0 fully saturated rings. The van der Waals surface area contributed by atoms with Gasteiger partial charge in [-0.1, -0.05) is 58.6 Å². The summed E-state index contributed by atoms with van der Waals surface area (Å²) in [7, 11) is 0. The van der Waals surface area contributed by atoms with E-state index in [1.807, 2.05) is 0 Å². The van der Waals surface area contributed by atoms with Crippen LogP contribution in [0.25, 0.3) is 0 Å². The van der Waals surface area contributed by atoms with Crippen LogP contribution in [0.4, 0.5) is 0 Å². The van der Waals surface area contributed by atoms with Crippen molar-refractivity contribution in [1.82, 2.24) is 0 Å². The lowest BCUT2D eigenvalue weighted by Crippen LogP contribution is -2.17. The molecular weight excluding hydrogens is 356 g/mol. The van der Waals surface area contributed by atoms with Crippen LogP contribution in [0, 0.1) is 0 Å². The summed E-state index contributed by atoms with van der Waals surface area (Å²) in [5, 5.41) is 8.57. The minimum absolute atomic E-state index is 0.0443. The lowest BCUT2D eigenvalue weighted by molar-refractivity contribution is 0.00361. The molecule has 0 spiro atoms. The van der Waals surface area contributed by atoms with Crippen molar-refractivity contribution in [3.05, 3.63) is 29.8 Å². The van der Waals surface area contributed by atoms with Crippen molar-refractivity contribution in [2.45, 2.75) is 58.3 Å². The van der Waals surface area contributed by atoms with Crippen LogP contribution in [-0.4, -0.2) is 58.0 Å². The molecule has 5 nitrogen and oxygen atoms in total. The monoisotopic (exact) mass is 396 g/mol. The standard InChI is InChI=1S/C23H40O5/c1-4-5-6-7-12-23(2,3)21-8-10-22(11-9-21)28-20-19-27-18-17-26-16-15-25-14-13-24/h8-11,24H,4-7,12-20H2,1-3H3. The van der Waals surface area contributed by atoms with Gasteiger partial charge in [0.25, 0.3) is 0 Å². The lowest BCUT2D eigenvalue weighted by Gasteiger charge is -2.25. The van der Waals surface area contributed by atoms with Crippen molar-refractivity contribution in [2.75, 3.05) is 52.9 Å². The average Bonchev–Trinajstić information content (AvgIpc) is 2.70. The number of unbranched alkanes of at least 4 members (excludes halogenated alkanes) is 3. The zero-order chi connectivity index (χ0) is 20.5. The van der Waals surface area contributed by atoms with Crippen molar-refractivity contribution in [1.29, 1.82) is 0 Å². The van der Waals surface area contributed by atoms with Crippen molar-refractivity contribution < 1.29 is 24.1 Å². The second kappa shape index (κ2) is 15.7. The molecule has 1 aromatic carbocycles. The predicted octanol–water partition coefficient (Wildman–Crippen LogP) is 4.36. The molecule has 162 valence electrons. The fourth-order valence-corrected chi connectivity index (χ4v) is 2.97. The zero-order valence-corrected chi connectivity index (χ0v) is 18.1. The Labute approximate surface area is 171 Å². The van der Waals surface area contributed by atoms with Crippen molar-refractivity contribution in [2.24, 2.45) is 0 Å². The fraction of sp³-hybridized carbons (Fsp3) is 0.739. The topological polar surface area (TPSA) is 57.2 Å². The highest BCUT2D eigenvalue weighted by Crippen LogP contribution is 2.30. The number of aliphatic hydroxyl groups is 1. The molecule has 0 radical (unpaired) electrons. The third-order valence-electron chi connectivity index (χ3n) is 4.77. The van der Waals surface area contributed by atoms with Gasteiger partial charge in [0.2, 0.25) is 0 Å². The Bertz CT molecular complexity index is 472. The largest absolute Gasteiger partial charge is 0.491 e. The maximum atomic E-state index is 8.57. The van der Waals surface area contributed by atoms with Gasteiger partial charge in [-0.05, 0) is 29.5 Å². The lowest BCUT2D eigenvalue weighted by atomic mass is 9.80. The van der Waals surface area contributed by atoms with Crippen molar-refractivity contribution in [3.8, 4) is 5.75 Å². The van der Waals surface area contributed by atoms with E-state index < -0.39 is 0 Å². The average molecular weight is 397 g/mol. The molecule has 0 saturated heterocycles. The van der Waals surface area contributed by atoms with Crippen LogP contribution in [0.1, 0.15) is 58.4 Å². The van der Waals surface area contributed by atoms with Crippen LogP contribution in [0.3, 0.4) is 0 Å². The van der Waals surface area contributed by atoms with Crippen LogP contribution in [0.2, 0.25) is 0 Å². The maximum absolute atomic E-state index is 8.57. The predicted molar refractivity (Wildman–Crippen MR) is 113 cm³/mol. The summed E-state index contributed by atoms with van der Waals surface area (Å²) in [6.07, 6.45) is 6.44. The summed E-state index contributed by atoms with van der Waals surface area (Å²) in [5.41, 5.74) is 1.58. The van der Waals surface area contributed by atoms with Crippen LogP contribution in [-0.2, 0) is 19.6 Å². The van der Waals surface area contributed by atoms with E-state index in [0.717, 1.165) is 5.75 Å². The van der Waals surface area contributed by atoms with Gasteiger partial charge in [0.15, 0.2) is 0 Å². The molecule has 0 amide bonds. The molecule has 0 saturated carbocycles.